The summed E-state index contributed by atoms with van der Waals surface area (Å²) in [5.41, 5.74) is 4.53. The van der Waals surface area contributed by atoms with Gasteiger partial charge in [-0.2, -0.15) is 0 Å². The van der Waals surface area contributed by atoms with E-state index in [0.29, 0.717) is 0 Å². The van der Waals surface area contributed by atoms with Crippen molar-refractivity contribution in [1.82, 2.24) is 9.88 Å². The lowest BCUT2D eigenvalue weighted by molar-refractivity contribution is -0.146. The van der Waals surface area contributed by atoms with Crippen molar-refractivity contribution in [2.45, 2.75) is 31.8 Å². The molecule has 1 aromatic carbocycles. The molecule has 5 nitrogen and oxygen atoms in total. The van der Waals surface area contributed by atoms with Crippen LogP contribution in [0.5, 0.6) is 0 Å². The van der Waals surface area contributed by atoms with Crippen molar-refractivity contribution in [3.05, 3.63) is 47.2 Å². The second-order valence-corrected chi connectivity index (χ2v) is 6.84. The third kappa shape index (κ3) is 2.34. The molecule has 0 saturated carbocycles. The van der Waals surface area contributed by atoms with Crippen LogP contribution in [0.1, 0.15) is 36.7 Å². The Labute approximate surface area is 147 Å². The standard InChI is InChI=1S/C20H24N2O3/c1-3-12(11-23)15-10-16-18-14(8-9-21-16)13-6-4-5-7-17(13)22(18)19(15)20(24)25-2/h3-7,15-16,19,21,23H,8-11H2,1-2H3/t15-,16-,19+/m0/s1. The first-order chi connectivity index (χ1) is 12.2. The minimum atomic E-state index is -0.437. The van der Waals surface area contributed by atoms with Crippen molar-refractivity contribution >= 4 is 16.9 Å². The Morgan fingerprint density at radius 3 is 2.96 bits per heavy atom. The van der Waals surface area contributed by atoms with E-state index in [2.05, 4.69) is 28.1 Å². The third-order valence-corrected chi connectivity index (χ3v) is 5.77. The third-order valence-electron chi connectivity index (χ3n) is 5.77. The lowest BCUT2D eigenvalue weighted by Gasteiger charge is -2.40. The topological polar surface area (TPSA) is 63.5 Å². The molecule has 2 N–H and O–H groups in total. The van der Waals surface area contributed by atoms with E-state index in [4.69, 9.17) is 4.74 Å². The van der Waals surface area contributed by atoms with Gasteiger partial charge in [0.1, 0.15) is 6.04 Å². The fourth-order valence-corrected chi connectivity index (χ4v) is 4.69. The molecule has 3 atom stereocenters. The maximum Gasteiger partial charge on any atom is 0.329 e. The summed E-state index contributed by atoms with van der Waals surface area (Å²) < 4.78 is 7.34. The Morgan fingerprint density at radius 2 is 2.24 bits per heavy atom. The Hall–Kier alpha value is -2.11. The zero-order chi connectivity index (χ0) is 17.6. The van der Waals surface area contributed by atoms with Crippen molar-refractivity contribution in [3.63, 3.8) is 0 Å². The van der Waals surface area contributed by atoms with Gasteiger partial charge in [0.2, 0.25) is 0 Å². The number of aliphatic hydroxyl groups is 1. The molecular weight excluding hydrogens is 316 g/mol. The maximum atomic E-state index is 12.8. The fraction of sp³-hybridized carbons (Fsp3) is 0.450. The van der Waals surface area contributed by atoms with Crippen LogP contribution in [0.3, 0.4) is 0 Å². The van der Waals surface area contributed by atoms with Crippen LogP contribution in [0.25, 0.3) is 10.9 Å². The average molecular weight is 340 g/mol. The van der Waals surface area contributed by atoms with Crippen LogP contribution in [0.15, 0.2) is 35.9 Å². The summed E-state index contributed by atoms with van der Waals surface area (Å²) >= 11 is 0. The molecule has 0 bridgehead atoms. The van der Waals surface area contributed by atoms with Gasteiger partial charge in [0.25, 0.3) is 0 Å². The number of para-hydroxylation sites is 1. The van der Waals surface area contributed by atoms with Crippen molar-refractivity contribution in [1.29, 1.82) is 0 Å². The van der Waals surface area contributed by atoms with E-state index in [9.17, 15) is 9.90 Å². The van der Waals surface area contributed by atoms with Crippen LogP contribution < -0.4 is 5.32 Å². The van der Waals surface area contributed by atoms with Gasteiger partial charge in [0.05, 0.1) is 13.7 Å². The highest BCUT2D eigenvalue weighted by molar-refractivity contribution is 5.89. The van der Waals surface area contributed by atoms with Crippen LogP contribution in [-0.2, 0) is 16.0 Å². The van der Waals surface area contributed by atoms with Crippen LogP contribution in [0.2, 0.25) is 0 Å². The predicted octanol–water partition coefficient (Wildman–Crippen LogP) is 2.50. The molecule has 1 aromatic heterocycles. The zero-order valence-electron chi connectivity index (χ0n) is 14.7. The van der Waals surface area contributed by atoms with Gasteiger partial charge in [-0.25, -0.2) is 4.79 Å². The summed E-state index contributed by atoms with van der Waals surface area (Å²) in [5.74, 6) is -0.320. The number of hydrogen-bond acceptors (Lipinski definition) is 4. The number of nitrogens with zero attached hydrogens (tertiary/aromatic N) is 1. The van der Waals surface area contributed by atoms with Crippen LogP contribution in [0.4, 0.5) is 0 Å². The summed E-state index contributed by atoms with van der Waals surface area (Å²) in [6.45, 7) is 2.82. The minimum absolute atomic E-state index is 0.0389. The van der Waals surface area contributed by atoms with Crippen LogP contribution in [0, 0.1) is 5.92 Å². The van der Waals surface area contributed by atoms with E-state index in [1.165, 1.54) is 23.8 Å². The molecule has 5 heteroatoms. The van der Waals surface area contributed by atoms with Crippen molar-refractivity contribution in [2.75, 3.05) is 20.3 Å². The fourth-order valence-electron chi connectivity index (χ4n) is 4.69. The van der Waals surface area contributed by atoms with Gasteiger partial charge >= 0.3 is 5.97 Å². The molecule has 0 aliphatic carbocycles. The molecule has 2 aliphatic heterocycles. The number of fused-ring (bicyclic) bond motifs is 3. The zero-order valence-corrected chi connectivity index (χ0v) is 14.7. The van der Waals surface area contributed by atoms with Gasteiger partial charge in [0.15, 0.2) is 0 Å². The number of nitrogens with one attached hydrogen (secondary N) is 1. The first-order valence-electron chi connectivity index (χ1n) is 8.90. The largest absolute Gasteiger partial charge is 0.467 e. The molecule has 0 unspecified atom stereocenters. The first kappa shape index (κ1) is 16.4. The molecule has 132 valence electrons. The van der Waals surface area contributed by atoms with Gasteiger partial charge in [-0.3, -0.25) is 0 Å². The molecule has 0 amide bonds. The van der Waals surface area contributed by atoms with E-state index in [1.807, 2.05) is 19.1 Å². The number of ether oxygens (including phenoxy) is 1. The maximum absolute atomic E-state index is 12.8. The van der Waals surface area contributed by atoms with Gasteiger partial charge in [-0.1, -0.05) is 24.3 Å². The summed E-state index contributed by atoms with van der Waals surface area (Å²) in [4.78, 5) is 12.8. The van der Waals surface area contributed by atoms with Crippen LogP contribution in [-0.4, -0.2) is 35.9 Å². The average Bonchev–Trinajstić information content (AvgIpc) is 2.99. The highest BCUT2D eigenvalue weighted by atomic mass is 16.5. The SMILES string of the molecule is CC=C(CO)[C@@H]1C[C@@H]2NCCc3c2n(c2ccccc32)[C@H]1C(=O)OC. The van der Waals surface area contributed by atoms with E-state index in [0.717, 1.165) is 30.5 Å². The van der Waals surface area contributed by atoms with Gasteiger partial charge in [0, 0.05) is 28.6 Å². The Bertz CT molecular complexity index is 852. The molecule has 2 aliphatic rings. The molecule has 0 spiro atoms. The Balaban J connectivity index is 2.01. The molecule has 0 saturated heterocycles. The lowest BCUT2D eigenvalue weighted by atomic mass is 9.79. The van der Waals surface area contributed by atoms with E-state index in [-0.39, 0.29) is 24.5 Å². The van der Waals surface area contributed by atoms with Crippen molar-refractivity contribution in [2.24, 2.45) is 5.92 Å². The predicted molar refractivity (Wildman–Crippen MR) is 96.4 cm³/mol. The number of rotatable bonds is 3. The summed E-state index contributed by atoms with van der Waals surface area (Å²) in [6.07, 6.45) is 3.69. The number of benzene rings is 1. The number of methoxy groups -OCH3 is 1. The first-order valence-corrected chi connectivity index (χ1v) is 8.90. The number of carbonyl (C=O) groups excluding carboxylic acids is 1. The smallest absolute Gasteiger partial charge is 0.329 e. The highest BCUT2D eigenvalue weighted by Gasteiger charge is 2.44. The van der Waals surface area contributed by atoms with Gasteiger partial charge < -0.3 is 19.7 Å². The monoisotopic (exact) mass is 340 g/mol. The molecule has 25 heavy (non-hydrogen) atoms. The van der Waals surface area contributed by atoms with Gasteiger partial charge in [-0.05, 0) is 43.5 Å². The van der Waals surface area contributed by atoms with E-state index >= 15 is 0 Å². The molecular formula is C20H24N2O3. The second kappa shape index (κ2) is 6.32. The van der Waals surface area contributed by atoms with Crippen molar-refractivity contribution < 1.29 is 14.6 Å². The number of hydrogen-bond donors (Lipinski definition) is 2. The Morgan fingerprint density at radius 1 is 1.44 bits per heavy atom. The number of aromatic nitrogens is 1. The molecule has 2 aromatic rings. The number of carbonyl (C=O) groups is 1. The minimum Gasteiger partial charge on any atom is -0.467 e. The number of aliphatic hydroxyl groups excluding tert-OH is 1. The van der Waals surface area contributed by atoms with E-state index < -0.39 is 6.04 Å². The van der Waals surface area contributed by atoms with Crippen molar-refractivity contribution in [3.8, 4) is 0 Å². The Kier molecular flexibility index (Phi) is 4.13. The number of esters is 1. The normalized spacial score (nSPS) is 25.7. The van der Waals surface area contributed by atoms with E-state index in [1.54, 1.807) is 0 Å². The molecule has 0 radical (unpaired) electrons. The highest BCUT2D eigenvalue weighted by Crippen LogP contribution is 2.47. The summed E-state index contributed by atoms with van der Waals surface area (Å²) in [5, 5.41) is 14.7. The molecule has 3 heterocycles. The quantitative estimate of drug-likeness (QED) is 0.666. The van der Waals surface area contributed by atoms with Gasteiger partial charge in [-0.15, -0.1) is 0 Å². The second-order valence-electron chi connectivity index (χ2n) is 6.84. The lowest BCUT2D eigenvalue weighted by Crippen LogP contribution is -2.43. The molecule has 4 rings (SSSR count). The summed E-state index contributed by atoms with van der Waals surface area (Å²) in [7, 11) is 1.44. The summed E-state index contributed by atoms with van der Waals surface area (Å²) in [6, 6.07) is 8.05. The van der Waals surface area contributed by atoms with Crippen LogP contribution >= 0.6 is 0 Å². The number of allylic oxidation sites excluding steroid dienone is 1. The molecule has 0 fully saturated rings.